The summed E-state index contributed by atoms with van der Waals surface area (Å²) >= 11 is 0. The fraction of sp³-hybridized carbons (Fsp3) is 0.333. The van der Waals surface area contributed by atoms with E-state index >= 15 is 0 Å². The first kappa shape index (κ1) is 11.6. The summed E-state index contributed by atoms with van der Waals surface area (Å²) in [4.78, 5) is 4.46. The molecule has 0 amide bonds. The van der Waals surface area contributed by atoms with Crippen LogP contribution in [0.15, 0.2) is 24.3 Å². The predicted molar refractivity (Wildman–Crippen MR) is 69.9 cm³/mol. The molecule has 0 aliphatic carbocycles. The lowest BCUT2D eigenvalue weighted by Crippen LogP contribution is -2.12. The highest BCUT2D eigenvalue weighted by atomic mass is 14.7. The lowest BCUT2D eigenvalue weighted by molar-refractivity contribution is 0.594. The van der Waals surface area contributed by atoms with Gasteiger partial charge in [-0.1, -0.05) is 39.0 Å². The van der Waals surface area contributed by atoms with Crippen molar-refractivity contribution in [2.45, 2.75) is 33.1 Å². The van der Waals surface area contributed by atoms with Crippen LogP contribution in [0.4, 0.5) is 0 Å². The van der Waals surface area contributed by atoms with Crippen LogP contribution in [0.1, 0.15) is 37.6 Å². The standard InChI is InChI=1S/C15H16N2/c1-10-8-11(9-16)17-14-12(10)6-5-7-13(14)15(2,3)4/h5-8H,1-4H3. The molecule has 1 heterocycles. The number of hydrogen-bond acceptors (Lipinski definition) is 2. The van der Waals surface area contributed by atoms with Crippen LogP contribution in [-0.2, 0) is 5.41 Å². The van der Waals surface area contributed by atoms with E-state index in [0.717, 1.165) is 16.5 Å². The summed E-state index contributed by atoms with van der Waals surface area (Å²) in [6.45, 7) is 8.52. The van der Waals surface area contributed by atoms with Gasteiger partial charge in [0.1, 0.15) is 11.8 Å². The summed E-state index contributed by atoms with van der Waals surface area (Å²) in [5.74, 6) is 0. The van der Waals surface area contributed by atoms with E-state index in [2.05, 4.69) is 50.0 Å². The molecule has 0 N–H and O–H groups in total. The quantitative estimate of drug-likeness (QED) is 0.684. The van der Waals surface area contributed by atoms with E-state index in [4.69, 9.17) is 5.26 Å². The van der Waals surface area contributed by atoms with Crippen molar-refractivity contribution in [3.05, 3.63) is 41.1 Å². The molecular formula is C15H16N2. The van der Waals surface area contributed by atoms with Gasteiger partial charge in [0, 0.05) is 5.39 Å². The summed E-state index contributed by atoms with van der Waals surface area (Å²) in [5.41, 5.74) is 3.78. The highest BCUT2D eigenvalue weighted by molar-refractivity contribution is 5.86. The van der Waals surface area contributed by atoms with Crippen molar-refractivity contribution in [2.75, 3.05) is 0 Å². The molecule has 2 heteroatoms. The predicted octanol–water partition coefficient (Wildman–Crippen LogP) is 3.71. The van der Waals surface area contributed by atoms with E-state index in [1.165, 1.54) is 5.56 Å². The van der Waals surface area contributed by atoms with Crippen molar-refractivity contribution >= 4 is 10.9 Å². The van der Waals surface area contributed by atoms with E-state index in [1.807, 2.05) is 13.0 Å². The number of fused-ring (bicyclic) bond motifs is 1. The van der Waals surface area contributed by atoms with Gasteiger partial charge in [-0.25, -0.2) is 4.98 Å². The Bertz CT molecular complexity index is 613. The second-order valence-corrected chi connectivity index (χ2v) is 5.39. The molecule has 0 aliphatic heterocycles. The van der Waals surface area contributed by atoms with Crippen molar-refractivity contribution in [1.29, 1.82) is 5.26 Å². The van der Waals surface area contributed by atoms with Gasteiger partial charge < -0.3 is 0 Å². The van der Waals surface area contributed by atoms with Gasteiger partial charge in [-0.15, -0.1) is 0 Å². The van der Waals surface area contributed by atoms with Gasteiger partial charge in [-0.2, -0.15) is 5.26 Å². The summed E-state index contributed by atoms with van der Waals surface area (Å²) in [6.07, 6.45) is 0. The number of nitriles is 1. The average Bonchev–Trinajstić information content (AvgIpc) is 2.26. The molecule has 0 saturated heterocycles. The minimum absolute atomic E-state index is 0.0348. The van der Waals surface area contributed by atoms with Crippen LogP contribution in [0.25, 0.3) is 10.9 Å². The Hall–Kier alpha value is -1.88. The van der Waals surface area contributed by atoms with Crippen LogP contribution in [0, 0.1) is 18.3 Å². The van der Waals surface area contributed by atoms with E-state index in [9.17, 15) is 0 Å². The fourth-order valence-electron chi connectivity index (χ4n) is 2.08. The molecule has 2 aromatic rings. The number of aryl methyl sites for hydroxylation is 1. The first-order chi connectivity index (χ1) is 7.93. The van der Waals surface area contributed by atoms with Crippen LogP contribution in [-0.4, -0.2) is 4.98 Å². The molecule has 17 heavy (non-hydrogen) atoms. The van der Waals surface area contributed by atoms with Gasteiger partial charge in [0.05, 0.1) is 5.52 Å². The number of pyridine rings is 1. The maximum absolute atomic E-state index is 9.00. The Morgan fingerprint density at radius 2 is 1.94 bits per heavy atom. The zero-order valence-corrected chi connectivity index (χ0v) is 10.7. The van der Waals surface area contributed by atoms with Crippen molar-refractivity contribution in [2.24, 2.45) is 0 Å². The van der Waals surface area contributed by atoms with Crippen LogP contribution in [0.5, 0.6) is 0 Å². The number of benzene rings is 1. The molecule has 0 bridgehead atoms. The van der Waals surface area contributed by atoms with E-state index in [1.54, 1.807) is 0 Å². The molecule has 0 saturated carbocycles. The Balaban J connectivity index is 2.89. The molecule has 0 spiro atoms. The largest absolute Gasteiger partial charge is 0.237 e. The van der Waals surface area contributed by atoms with E-state index in [0.29, 0.717) is 5.69 Å². The van der Waals surface area contributed by atoms with Crippen LogP contribution >= 0.6 is 0 Å². The Kier molecular flexibility index (Phi) is 2.63. The van der Waals surface area contributed by atoms with Crippen molar-refractivity contribution < 1.29 is 0 Å². The second kappa shape index (κ2) is 3.85. The van der Waals surface area contributed by atoms with Gasteiger partial charge >= 0.3 is 0 Å². The highest BCUT2D eigenvalue weighted by Gasteiger charge is 2.18. The number of rotatable bonds is 0. The lowest BCUT2D eigenvalue weighted by atomic mass is 9.85. The summed E-state index contributed by atoms with van der Waals surface area (Å²) < 4.78 is 0. The SMILES string of the molecule is Cc1cc(C#N)nc2c(C(C)(C)C)cccc12. The first-order valence-electron chi connectivity index (χ1n) is 5.74. The maximum Gasteiger partial charge on any atom is 0.141 e. The van der Waals surface area contributed by atoms with Gasteiger partial charge in [0.25, 0.3) is 0 Å². The molecular weight excluding hydrogens is 208 g/mol. The third-order valence-corrected chi connectivity index (χ3v) is 2.97. The van der Waals surface area contributed by atoms with Gasteiger partial charge in [-0.05, 0) is 29.5 Å². The lowest BCUT2D eigenvalue weighted by Gasteiger charge is -2.21. The van der Waals surface area contributed by atoms with Crippen LogP contribution in [0.2, 0.25) is 0 Å². The summed E-state index contributed by atoms with van der Waals surface area (Å²) in [7, 11) is 0. The molecule has 0 aliphatic rings. The summed E-state index contributed by atoms with van der Waals surface area (Å²) in [6, 6.07) is 10.2. The molecule has 1 aromatic carbocycles. The fourth-order valence-corrected chi connectivity index (χ4v) is 2.08. The average molecular weight is 224 g/mol. The molecule has 2 nitrogen and oxygen atoms in total. The minimum Gasteiger partial charge on any atom is -0.237 e. The Labute approximate surface area is 102 Å². The molecule has 0 fully saturated rings. The monoisotopic (exact) mass is 224 g/mol. The maximum atomic E-state index is 9.00. The smallest absolute Gasteiger partial charge is 0.141 e. The van der Waals surface area contributed by atoms with Crippen LogP contribution in [0.3, 0.4) is 0 Å². The molecule has 0 radical (unpaired) electrons. The minimum atomic E-state index is 0.0348. The van der Waals surface area contributed by atoms with Crippen molar-refractivity contribution in [3.8, 4) is 6.07 Å². The molecule has 86 valence electrons. The molecule has 0 unspecified atom stereocenters. The first-order valence-corrected chi connectivity index (χ1v) is 5.74. The van der Waals surface area contributed by atoms with Gasteiger partial charge in [0.15, 0.2) is 0 Å². The molecule has 0 atom stereocenters. The second-order valence-electron chi connectivity index (χ2n) is 5.39. The third-order valence-electron chi connectivity index (χ3n) is 2.97. The molecule has 2 rings (SSSR count). The Morgan fingerprint density at radius 1 is 1.24 bits per heavy atom. The van der Waals surface area contributed by atoms with E-state index in [-0.39, 0.29) is 5.41 Å². The molecule has 1 aromatic heterocycles. The number of aromatic nitrogens is 1. The Morgan fingerprint density at radius 3 is 2.53 bits per heavy atom. The normalized spacial score (nSPS) is 11.5. The zero-order valence-electron chi connectivity index (χ0n) is 10.7. The number of para-hydroxylation sites is 1. The van der Waals surface area contributed by atoms with Crippen LogP contribution < -0.4 is 0 Å². The number of nitrogens with zero attached hydrogens (tertiary/aromatic N) is 2. The summed E-state index contributed by atoms with van der Waals surface area (Å²) in [5, 5.41) is 10.1. The topological polar surface area (TPSA) is 36.7 Å². The zero-order chi connectivity index (χ0) is 12.6. The van der Waals surface area contributed by atoms with Gasteiger partial charge in [0.2, 0.25) is 0 Å². The third kappa shape index (κ3) is 2.01. The van der Waals surface area contributed by atoms with Crippen molar-refractivity contribution in [1.82, 2.24) is 4.98 Å². The number of hydrogen-bond donors (Lipinski definition) is 0. The van der Waals surface area contributed by atoms with Crippen molar-refractivity contribution in [3.63, 3.8) is 0 Å². The van der Waals surface area contributed by atoms with Gasteiger partial charge in [-0.3, -0.25) is 0 Å². The van der Waals surface area contributed by atoms with E-state index < -0.39 is 0 Å². The highest BCUT2D eigenvalue weighted by Crippen LogP contribution is 2.30.